The van der Waals surface area contributed by atoms with Crippen molar-refractivity contribution in [2.45, 2.75) is 37.7 Å². The lowest BCUT2D eigenvalue weighted by Crippen LogP contribution is -2.42. The molecule has 0 aliphatic carbocycles. The number of amides is 1. The number of aryl methyl sites for hydroxylation is 2. The van der Waals surface area contributed by atoms with Gasteiger partial charge in [-0.2, -0.15) is 0 Å². The van der Waals surface area contributed by atoms with E-state index in [0.717, 1.165) is 24.0 Å². The molecule has 1 fully saturated rings. The van der Waals surface area contributed by atoms with Gasteiger partial charge in [0.1, 0.15) is 6.54 Å². The molecule has 1 amide bonds. The Labute approximate surface area is 166 Å². The van der Waals surface area contributed by atoms with Crippen molar-refractivity contribution in [1.29, 1.82) is 0 Å². The number of sulfonamides is 1. The first kappa shape index (κ1) is 20.4. The Morgan fingerprint density at radius 3 is 2.43 bits per heavy atom. The van der Waals surface area contributed by atoms with Gasteiger partial charge in [0.25, 0.3) is 10.0 Å². The van der Waals surface area contributed by atoms with Gasteiger partial charge in [-0.05, 0) is 62.1 Å². The van der Waals surface area contributed by atoms with Crippen molar-refractivity contribution >= 4 is 21.6 Å². The summed E-state index contributed by atoms with van der Waals surface area (Å²) in [6.45, 7) is 4.62. The van der Waals surface area contributed by atoms with Gasteiger partial charge in [0.05, 0.1) is 16.7 Å². The first-order valence-electron chi connectivity index (χ1n) is 9.40. The van der Waals surface area contributed by atoms with Crippen LogP contribution in [0.15, 0.2) is 53.4 Å². The smallest absolute Gasteiger partial charge is 0.264 e. The van der Waals surface area contributed by atoms with E-state index < -0.39 is 10.0 Å². The molecule has 1 aliphatic heterocycles. The Kier molecular flexibility index (Phi) is 6.36. The number of carbonyl (C=O) groups is 1. The lowest BCUT2D eigenvalue weighted by Gasteiger charge is -2.25. The third-order valence-electron chi connectivity index (χ3n) is 4.66. The fourth-order valence-electron chi connectivity index (χ4n) is 3.35. The molecule has 2 aromatic rings. The molecule has 0 saturated carbocycles. The second-order valence-corrected chi connectivity index (χ2v) is 8.97. The van der Waals surface area contributed by atoms with Crippen molar-refractivity contribution < 1.29 is 17.9 Å². The zero-order valence-corrected chi connectivity index (χ0v) is 17.0. The van der Waals surface area contributed by atoms with Crippen molar-refractivity contribution in [3.05, 3.63) is 59.7 Å². The van der Waals surface area contributed by atoms with Crippen LogP contribution in [-0.4, -0.2) is 40.1 Å². The minimum atomic E-state index is -3.88. The van der Waals surface area contributed by atoms with Crippen LogP contribution < -0.4 is 9.62 Å². The molecule has 1 N–H and O–H groups in total. The summed E-state index contributed by atoms with van der Waals surface area (Å²) in [6.07, 6.45) is 1.89. The van der Waals surface area contributed by atoms with Gasteiger partial charge in [-0.15, -0.1) is 0 Å². The number of carbonyl (C=O) groups excluding carboxylic acids is 1. The van der Waals surface area contributed by atoms with Gasteiger partial charge in [0.15, 0.2) is 0 Å². The maximum absolute atomic E-state index is 13.3. The second kappa shape index (κ2) is 8.75. The first-order chi connectivity index (χ1) is 13.4. The van der Waals surface area contributed by atoms with E-state index in [1.807, 2.05) is 19.9 Å². The van der Waals surface area contributed by atoms with E-state index >= 15 is 0 Å². The molecule has 1 unspecified atom stereocenters. The zero-order valence-electron chi connectivity index (χ0n) is 16.2. The fourth-order valence-corrected chi connectivity index (χ4v) is 4.77. The summed E-state index contributed by atoms with van der Waals surface area (Å²) >= 11 is 0. The summed E-state index contributed by atoms with van der Waals surface area (Å²) in [5.74, 6) is -0.353. The predicted molar refractivity (Wildman–Crippen MR) is 109 cm³/mol. The maximum atomic E-state index is 13.3. The van der Waals surface area contributed by atoms with E-state index in [0.29, 0.717) is 18.8 Å². The van der Waals surface area contributed by atoms with Crippen molar-refractivity contribution in [3.63, 3.8) is 0 Å². The second-order valence-electron chi connectivity index (χ2n) is 7.11. The molecular weight excluding hydrogens is 376 g/mol. The number of anilines is 1. The summed E-state index contributed by atoms with van der Waals surface area (Å²) in [4.78, 5) is 12.7. The van der Waals surface area contributed by atoms with Crippen LogP contribution >= 0.6 is 0 Å². The number of nitrogens with one attached hydrogen (secondary N) is 1. The summed E-state index contributed by atoms with van der Waals surface area (Å²) in [6, 6.07) is 13.7. The van der Waals surface area contributed by atoms with Crippen LogP contribution in [0.25, 0.3) is 0 Å². The van der Waals surface area contributed by atoms with Gasteiger partial charge in [0.2, 0.25) is 5.91 Å². The molecule has 1 atom stereocenters. The van der Waals surface area contributed by atoms with Crippen LogP contribution in [0, 0.1) is 13.8 Å². The summed E-state index contributed by atoms with van der Waals surface area (Å²) < 4.78 is 33.2. The first-order valence-corrected chi connectivity index (χ1v) is 10.8. The largest absolute Gasteiger partial charge is 0.376 e. The van der Waals surface area contributed by atoms with Gasteiger partial charge in [0, 0.05) is 13.2 Å². The van der Waals surface area contributed by atoms with Gasteiger partial charge >= 0.3 is 0 Å². The van der Waals surface area contributed by atoms with Crippen LogP contribution in [-0.2, 0) is 19.6 Å². The van der Waals surface area contributed by atoms with Crippen molar-refractivity contribution in [3.8, 4) is 0 Å². The van der Waals surface area contributed by atoms with Gasteiger partial charge < -0.3 is 10.1 Å². The normalized spacial score (nSPS) is 16.7. The van der Waals surface area contributed by atoms with Crippen molar-refractivity contribution in [2.75, 3.05) is 24.0 Å². The summed E-state index contributed by atoms with van der Waals surface area (Å²) in [5, 5.41) is 2.81. The zero-order chi connectivity index (χ0) is 20.1. The average Bonchev–Trinajstić information content (AvgIpc) is 3.18. The number of ether oxygens (including phenoxy) is 1. The number of benzene rings is 2. The van der Waals surface area contributed by atoms with Crippen LogP contribution in [0.5, 0.6) is 0 Å². The van der Waals surface area contributed by atoms with Crippen molar-refractivity contribution in [2.24, 2.45) is 0 Å². The fraction of sp³-hybridized carbons (Fsp3) is 0.381. The Bertz CT molecular complexity index is 902. The molecule has 1 saturated heterocycles. The van der Waals surface area contributed by atoms with Crippen LogP contribution in [0.4, 0.5) is 5.69 Å². The highest BCUT2D eigenvalue weighted by molar-refractivity contribution is 7.92. The molecule has 0 radical (unpaired) electrons. The van der Waals surface area contributed by atoms with Gasteiger partial charge in [-0.3, -0.25) is 9.10 Å². The Morgan fingerprint density at radius 2 is 1.82 bits per heavy atom. The number of rotatable bonds is 7. The van der Waals surface area contributed by atoms with E-state index in [1.54, 1.807) is 30.3 Å². The molecular formula is C21H26N2O4S. The highest BCUT2D eigenvalue weighted by Gasteiger charge is 2.28. The van der Waals surface area contributed by atoms with E-state index in [9.17, 15) is 13.2 Å². The number of hydrogen-bond acceptors (Lipinski definition) is 4. The molecule has 6 nitrogen and oxygen atoms in total. The Balaban J connectivity index is 1.87. The highest BCUT2D eigenvalue weighted by Crippen LogP contribution is 2.25. The molecule has 3 rings (SSSR count). The van der Waals surface area contributed by atoms with Gasteiger partial charge in [-0.25, -0.2) is 8.42 Å². The number of hydrogen-bond donors (Lipinski definition) is 1. The molecule has 28 heavy (non-hydrogen) atoms. The monoisotopic (exact) mass is 402 g/mol. The molecule has 0 bridgehead atoms. The van der Waals surface area contributed by atoms with Crippen LogP contribution in [0.1, 0.15) is 24.0 Å². The molecule has 1 aliphatic rings. The molecule has 0 spiro atoms. The average molecular weight is 403 g/mol. The summed E-state index contributed by atoms with van der Waals surface area (Å²) in [5.41, 5.74) is 2.35. The molecule has 0 aromatic heterocycles. The minimum absolute atomic E-state index is 0.00402. The number of nitrogens with zero attached hydrogens (tertiary/aromatic N) is 1. The standard InChI is InChI=1S/C21H26N2O4S/c1-16-11-17(2)13-18(12-16)23(28(25,26)20-8-4-3-5-9-20)15-21(24)22-14-19-7-6-10-27-19/h3-5,8-9,11-13,19H,6-7,10,14-15H2,1-2H3,(H,22,24). The lowest BCUT2D eigenvalue weighted by molar-refractivity contribution is -0.120. The minimum Gasteiger partial charge on any atom is -0.376 e. The third kappa shape index (κ3) is 4.91. The van der Waals surface area contributed by atoms with E-state index in [-0.39, 0.29) is 23.5 Å². The SMILES string of the molecule is Cc1cc(C)cc(N(CC(=O)NCC2CCCO2)S(=O)(=O)c2ccccc2)c1. The van der Waals surface area contributed by atoms with Crippen LogP contribution in [0.2, 0.25) is 0 Å². The summed E-state index contributed by atoms with van der Waals surface area (Å²) in [7, 11) is -3.88. The van der Waals surface area contributed by atoms with Gasteiger partial charge in [-0.1, -0.05) is 24.3 Å². The van der Waals surface area contributed by atoms with E-state index in [1.165, 1.54) is 16.4 Å². The lowest BCUT2D eigenvalue weighted by atomic mass is 10.1. The molecule has 2 aromatic carbocycles. The highest BCUT2D eigenvalue weighted by atomic mass is 32.2. The van der Waals surface area contributed by atoms with E-state index in [4.69, 9.17) is 4.74 Å². The Morgan fingerprint density at radius 1 is 1.14 bits per heavy atom. The predicted octanol–water partition coefficient (Wildman–Crippen LogP) is 2.79. The third-order valence-corrected chi connectivity index (χ3v) is 6.45. The van der Waals surface area contributed by atoms with Crippen LogP contribution in [0.3, 0.4) is 0 Å². The van der Waals surface area contributed by atoms with Crippen molar-refractivity contribution in [1.82, 2.24) is 5.32 Å². The maximum Gasteiger partial charge on any atom is 0.264 e. The molecule has 150 valence electrons. The van der Waals surface area contributed by atoms with E-state index in [2.05, 4.69) is 5.32 Å². The quantitative estimate of drug-likeness (QED) is 0.773. The molecule has 1 heterocycles. The molecule has 7 heteroatoms. The Hall–Kier alpha value is -2.38. The topological polar surface area (TPSA) is 75.7 Å².